The SMILES string of the molecule is Cc1cc(NC(=O)Cn2ccc([N+](=O)[O-])n2)nn1Cc1ccc(F)cc1Cl. The number of carbonyl (C=O) groups is 1. The summed E-state index contributed by atoms with van der Waals surface area (Å²) < 4.78 is 15.9. The first kappa shape index (κ1) is 18.5. The summed E-state index contributed by atoms with van der Waals surface area (Å²) in [6, 6.07) is 6.98. The third-order valence-electron chi connectivity index (χ3n) is 3.70. The van der Waals surface area contributed by atoms with Crippen LogP contribution in [0.25, 0.3) is 0 Å². The largest absolute Gasteiger partial charge is 0.389 e. The summed E-state index contributed by atoms with van der Waals surface area (Å²) in [4.78, 5) is 22.0. The lowest BCUT2D eigenvalue weighted by Gasteiger charge is -2.06. The van der Waals surface area contributed by atoms with Gasteiger partial charge in [-0.15, -0.1) is 0 Å². The summed E-state index contributed by atoms with van der Waals surface area (Å²) >= 11 is 6.03. The van der Waals surface area contributed by atoms with Gasteiger partial charge in [0.1, 0.15) is 12.4 Å². The highest BCUT2D eigenvalue weighted by Gasteiger charge is 2.15. The van der Waals surface area contributed by atoms with E-state index in [1.165, 1.54) is 24.4 Å². The van der Waals surface area contributed by atoms with Gasteiger partial charge in [-0.25, -0.2) is 4.39 Å². The van der Waals surface area contributed by atoms with Crippen LogP contribution in [-0.4, -0.2) is 30.4 Å². The Morgan fingerprint density at radius 3 is 2.78 bits per heavy atom. The number of rotatable bonds is 6. The first-order chi connectivity index (χ1) is 12.8. The Morgan fingerprint density at radius 1 is 1.33 bits per heavy atom. The summed E-state index contributed by atoms with van der Waals surface area (Å²) in [5, 5.41) is 21.5. The van der Waals surface area contributed by atoms with Gasteiger partial charge < -0.3 is 15.4 Å². The van der Waals surface area contributed by atoms with Gasteiger partial charge in [-0.3, -0.25) is 9.48 Å². The number of halogens is 2. The number of amides is 1. The Bertz CT molecular complexity index is 1020. The van der Waals surface area contributed by atoms with Gasteiger partial charge in [0.25, 0.3) is 0 Å². The Hall–Kier alpha value is -3.27. The van der Waals surface area contributed by atoms with E-state index in [2.05, 4.69) is 15.5 Å². The molecule has 0 aliphatic rings. The normalized spacial score (nSPS) is 10.8. The molecule has 0 spiro atoms. The third kappa shape index (κ3) is 4.47. The predicted molar refractivity (Wildman–Crippen MR) is 95.0 cm³/mol. The van der Waals surface area contributed by atoms with Crippen molar-refractivity contribution in [3.05, 3.63) is 68.7 Å². The number of benzene rings is 1. The maximum atomic E-state index is 13.1. The number of aryl methyl sites for hydroxylation is 1. The molecule has 11 heteroatoms. The number of aromatic nitrogens is 4. The van der Waals surface area contributed by atoms with Gasteiger partial charge in [0.15, 0.2) is 5.82 Å². The van der Waals surface area contributed by atoms with Crippen LogP contribution >= 0.6 is 11.6 Å². The highest BCUT2D eigenvalue weighted by atomic mass is 35.5. The molecule has 1 aromatic carbocycles. The summed E-state index contributed by atoms with van der Waals surface area (Å²) in [5.74, 6) is -0.873. The van der Waals surface area contributed by atoms with Crippen molar-refractivity contribution in [1.29, 1.82) is 0 Å². The molecule has 9 nitrogen and oxygen atoms in total. The van der Waals surface area contributed by atoms with Crippen LogP contribution in [0.4, 0.5) is 16.0 Å². The van der Waals surface area contributed by atoms with E-state index in [1.54, 1.807) is 23.7 Å². The maximum Gasteiger partial charge on any atom is 0.389 e. The highest BCUT2D eigenvalue weighted by Crippen LogP contribution is 2.20. The minimum atomic E-state index is -0.639. The van der Waals surface area contributed by atoms with Crippen LogP contribution in [-0.2, 0) is 17.9 Å². The molecular formula is C16H14ClFN6O3. The van der Waals surface area contributed by atoms with Crippen molar-refractivity contribution in [3.8, 4) is 0 Å². The molecule has 0 radical (unpaired) electrons. The standard InChI is InChI=1S/C16H14ClFN6O3/c1-10-6-14(19-16(25)9-22-5-4-15(21-22)24(26)27)20-23(10)8-11-2-3-12(18)7-13(11)17/h2-7H,8-9H2,1H3,(H,19,20,25). The fourth-order valence-corrected chi connectivity index (χ4v) is 2.64. The van der Waals surface area contributed by atoms with Crippen molar-refractivity contribution in [2.45, 2.75) is 20.0 Å². The van der Waals surface area contributed by atoms with E-state index in [0.717, 1.165) is 10.4 Å². The predicted octanol–water partition coefficient (Wildman–Crippen LogP) is 2.78. The van der Waals surface area contributed by atoms with Gasteiger partial charge in [0, 0.05) is 16.8 Å². The molecule has 27 heavy (non-hydrogen) atoms. The van der Waals surface area contributed by atoms with Crippen LogP contribution in [0.1, 0.15) is 11.3 Å². The molecule has 0 saturated heterocycles. The number of carbonyl (C=O) groups excluding carboxylic acids is 1. The second kappa shape index (κ2) is 7.54. The van der Waals surface area contributed by atoms with Crippen molar-refractivity contribution in [2.24, 2.45) is 0 Å². The average molecular weight is 393 g/mol. The molecule has 0 bridgehead atoms. The Morgan fingerprint density at radius 2 is 2.11 bits per heavy atom. The van der Waals surface area contributed by atoms with Gasteiger partial charge in [-0.1, -0.05) is 17.7 Å². The van der Waals surface area contributed by atoms with E-state index >= 15 is 0 Å². The number of anilines is 1. The Balaban J connectivity index is 1.66. The zero-order chi connectivity index (χ0) is 19.6. The van der Waals surface area contributed by atoms with Crippen LogP contribution in [0.15, 0.2) is 36.5 Å². The molecule has 0 fully saturated rings. The molecule has 3 aromatic rings. The van der Waals surface area contributed by atoms with Crippen molar-refractivity contribution >= 4 is 29.1 Å². The quantitative estimate of drug-likeness (QED) is 0.512. The first-order valence-electron chi connectivity index (χ1n) is 7.78. The van der Waals surface area contributed by atoms with Crippen LogP contribution in [0.2, 0.25) is 5.02 Å². The second-order valence-electron chi connectivity index (χ2n) is 5.74. The van der Waals surface area contributed by atoms with E-state index in [9.17, 15) is 19.3 Å². The molecule has 1 amide bonds. The summed E-state index contributed by atoms with van der Waals surface area (Å²) in [5.41, 5.74) is 1.45. The average Bonchev–Trinajstić information content (AvgIpc) is 3.17. The van der Waals surface area contributed by atoms with Gasteiger partial charge in [0.2, 0.25) is 5.91 Å². The smallest absolute Gasteiger partial charge is 0.358 e. The molecule has 0 aliphatic carbocycles. The molecule has 1 N–H and O–H groups in total. The number of nitro groups is 1. The van der Waals surface area contributed by atoms with Crippen LogP contribution in [0.5, 0.6) is 0 Å². The van der Waals surface area contributed by atoms with Gasteiger partial charge in [-0.2, -0.15) is 9.78 Å². The van der Waals surface area contributed by atoms with Gasteiger partial charge in [0.05, 0.1) is 23.9 Å². The molecule has 0 saturated carbocycles. The molecule has 3 rings (SSSR count). The number of nitrogens with zero attached hydrogens (tertiary/aromatic N) is 5. The fraction of sp³-hybridized carbons (Fsp3) is 0.188. The lowest BCUT2D eigenvalue weighted by Crippen LogP contribution is -2.19. The maximum absolute atomic E-state index is 13.1. The lowest BCUT2D eigenvalue weighted by molar-refractivity contribution is -0.389. The summed E-state index contributed by atoms with van der Waals surface area (Å²) in [6.45, 7) is 1.92. The van der Waals surface area contributed by atoms with E-state index in [4.69, 9.17) is 11.6 Å². The van der Waals surface area contributed by atoms with Crippen LogP contribution < -0.4 is 5.32 Å². The molecule has 0 unspecified atom stereocenters. The topological polar surface area (TPSA) is 108 Å². The Labute approximate surface area is 157 Å². The zero-order valence-electron chi connectivity index (χ0n) is 14.1. The molecule has 2 heterocycles. The molecule has 2 aromatic heterocycles. The van der Waals surface area contributed by atoms with Crippen LogP contribution in [0.3, 0.4) is 0 Å². The number of hydrogen-bond acceptors (Lipinski definition) is 5. The van der Waals surface area contributed by atoms with E-state index in [0.29, 0.717) is 17.9 Å². The molecule has 140 valence electrons. The first-order valence-corrected chi connectivity index (χ1v) is 8.15. The Kier molecular flexibility index (Phi) is 5.17. The second-order valence-corrected chi connectivity index (χ2v) is 6.15. The van der Waals surface area contributed by atoms with Gasteiger partial charge >= 0.3 is 5.82 Å². The third-order valence-corrected chi connectivity index (χ3v) is 4.05. The van der Waals surface area contributed by atoms with Crippen molar-refractivity contribution < 1.29 is 14.1 Å². The molecule has 0 atom stereocenters. The van der Waals surface area contributed by atoms with Crippen LogP contribution in [0, 0.1) is 22.9 Å². The van der Waals surface area contributed by atoms with E-state index in [1.807, 2.05) is 0 Å². The van der Waals surface area contributed by atoms with Gasteiger partial charge in [-0.05, 0) is 29.5 Å². The van der Waals surface area contributed by atoms with Crippen molar-refractivity contribution in [2.75, 3.05) is 5.32 Å². The molecule has 0 aliphatic heterocycles. The van der Waals surface area contributed by atoms with E-state index < -0.39 is 16.6 Å². The minimum Gasteiger partial charge on any atom is -0.358 e. The lowest BCUT2D eigenvalue weighted by atomic mass is 10.2. The van der Waals surface area contributed by atoms with E-state index in [-0.39, 0.29) is 17.4 Å². The molecular weight excluding hydrogens is 379 g/mol. The number of hydrogen-bond donors (Lipinski definition) is 1. The zero-order valence-corrected chi connectivity index (χ0v) is 14.9. The van der Waals surface area contributed by atoms with Crippen molar-refractivity contribution in [3.63, 3.8) is 0 Å². The summed E-state index contributed by atoms with van der Waals surface area (Å²) in [7, 11) is 0. The highest BCUT2D eigenvalue weighted by molar-refractivity contribution is 6.31. The summed E-state index contributed by atoms with van der Waals surface area (Å²) in [6.07, 6.45) is 1.35. The van der Waals surface area contributed by atoms with Crippen molar-refractivity contribution in [1.82, 2.24) is 19.6 Å². The number of nitrogens with one attached hydrogen (secondary N) is 1. The fourth-order valence-electron chi connectivity index (χ4n) is 2.41. The minimum absolute atomic E-state index is 0.191. The monoisotopic (exact) mass is 392 g/mol.